The molecule has 1 N–H and O–H groups in total. The average Bonchev–Trinajstić information content (AvgIpc) is 2.26. The lowest BCUT2D eigenvalue weighted by Crippen LogP contribution is -2.42. The van der Waals surface area contributed by atoms with E-state index >= 15 is 0 Å². The first-order valence-corrected chi connectivity index (χ1v) is 5.72. The van der Waals surface area contributed by atoms with Gasteiger partial charge >= 0.3 is 0 Å². The van der Waals surface area contributed by atoms with E-state index in [9.17, 15) is 0 Å². The summed E-state index contributed by atoms with van der Waals surface area (Å²) in [5, 5.41) is 3.49. The van der Waals surface area contributed by atoms with Crippen molar-refractivity contribution in [2.45, 2.75) is 52.1 Å². The van der Waals surface area contributed by atoms with Gasteiger partial charge in [0.2, 0.25) is 0 Å². The topological polar surface area (TPSA) is 15.3 Å². The van der Waals surface area contributed by atoms with Crippen LogP contribution < -0.4 is 5.32 Å². The van der Waals surface area contributed by atoms with Crippen LogP contribution in [0, 0.1) is 0 Å². The Balaban J connectivity index is 2.43. The Hall–Kier alpha value is -0.0800. The lowest BCUT2D eigenvalue weighted by Gasteiger charge is -2.31. The highest BCUT2D eigenvalue weighted by Crippen LogP contribution is 2.12. The smallest absolute Gasteiger partial charge is 0.0195 e. The average molecular weight is 184 g/mol. The van der Waals surface area contributed by atoms with Crippen LogP contribution in [-0.4, -0.2) is 36.6 Å². The van der Waals surface area contributed by atoms with E-state index in [1.54, 1.807) is 0 Å². The molecule has 0 aromatic rings. The molecule has 0 aromatic heterocycles. The number of nitrogens with one attached hydrogen (secondary N) is 1. The Morgan fingerprint density at radius 3 is 2.77 bits per heavy atom. The number of hydrogen-bond acceptors (Lipinski definition) is 2. The zero-order valence-electron chi connectivity index (χ0n) is 9.34. The van der Waals surface area contributed by atoms with Crippen molar-refractivity contribution in [2.24, 2.45) is 0 Å². The number of unbranched alkanes of at least 4 members (excludes halogenated alkanes) is 1. The van der Waals surface area contributed by atoms with Crippen LogP contribution in [0.25, 0.3) is 0 Å². The van der Waals surface area contributed by atoms with E-state index in [1.165, 1.54) is 32.4 Å². The molecule has 2 heteroatoms. The van der Waals surface area contributed by atoms with Gasteiger partial charge < -0.3 is 5.32 Å². The highest BCUT2D eigenvalue weighted by Gasteiger charge is 2.21. The van der Waals surface area contributed by atoms with Crippen LogP contribution in [0.4, 0.5) is 0 Å². The quantitative estimate of drug-likeness (QED) is 0.720. The maximum Gasteiger partial charge on any atom is 0.0195 e. The fourth-order valence-electron chi connectivity index (χ4n) is 2.12. The van der Waals surface area contributed by atoms with Gasteiger partial charge in [-0.25, -0.2) is 0 Å². The summed E-state index contributed by atoms with van der Waals surface area (Å²) in [7, 11) is 0. The highest BCUT2D eigenvalue weighted by atomic mass is 15.2. The van der Waals surface area contributed by atoms with Crippen molar-refractivity contribution in [2.75, 3.05) is 19.6 Å². The first kappa shape index (κ1) is 11.0. The van der Waals surface area contributed by atoms with Crippen LogP contribution in [0.5, 0.6) is 0 Å². The largest absolute Gasteiger partial charge is 0.315 e. The summed E-state index contributed by atoms with van der Waals surface area (Å²) in [6, 6.07) is 1.47. The van der Waals surface area contributed by atoms with E-state index in [0.717, 1.165) is 12.6 Å². The van der Waals surface area contributed by atoms with Gasteiger partial charge in [-0.2, -0.15) is 0 Å². The molecule has 0 aromatic carbocycles. The van der Waals surface area contributed by atoms with Crippen LogP contribution in [0.15, 0.2) is 0 Å². The van der Waals surface area contributed by atoms with Crippen LogP contribution >= 0.6 is 0 Å². The molecule has 0 saturated carbocycles. The van der Waals surface area contributed by atoms with Gasteiger partial charge in [0.25, 0.3) is 0 Å². The minimum Gasteiger partial charge on any atom is -0.315 e. The summed E-state index contributed by atoms with van der Waals surface area (Å²) in [5.41, 5.74) is 0. The molecule has 1 aliphatic rings. The van der Waals surface area contributed by atoms with Gasteiger partial charge in [-0.3, -0.25) is 4.90 Å². The molecule has 0 spiro atoms. The molecule has 2 nitrogen and oxygen atoms in total. The van der Waals surface area contributed by atoms with Crippen LogP contribution in [-0.2, 0) is 0 Å². The number of rotatable bonds is 3. The molecule has 2 unspecified atom stereocenters. The fourth-order valence-corrected chi connectivity index (χ4v) is 2.12. The van der Waals surface area contributed by atoms with Crippen molar-refractivity contribution in [3.63, 3.8) is 0 Å². The molecule has 78 valence electrons. The van der Waals surface area contributed by atoms with E-state index in [-0.39, 0.29) is 0 Å². The highest BCUT2D eigenvalue weighted by molar-refractivity contribution is 4.79. The van der Waals surface area contributed by atoms with E-state index < -0.39 is 0 Å². The lowest BCUT2D eigenvalue weighted by molar-refractivity contribution is 0.161. The number of hydrogen-bond donors (Lipinski definition) is 1. The van der Waals surface area contributed by atoms with E-state index in [2.05, 4.69) is 31.0 Å². The van der Waals surface area contributed by atoms with Gasteiger partial charge in [0, 0.05) is 18.6 Å². The zero-order chi connectivity index (χ0) is 9.68. The van der Waals surface area contributed by atoms with Gasteiger partial charge in [0.05, 0.1) is 0 Å². The van der Waals surface area contributed by atoms with Crippen molar-refractivity contribution < 1.29 is 0 Å². The van der Waals surface area contributed by atoms with Gasteiger partial charge in [0.15, 0.2) is 0 Å². The second-order valence-electron chi connectivity index (χ2n) is 4.28. The molecule has 1 fully saturated rings. The minimum atomic E-state index is 0.712. The van der Waals surface area contributed by atoms with Crippen LogP contribution in [0.3, 0.4) is 0 Å². The molecule has 0 radical (unpaired) electrons. The summed E-state index contributed by atoms with van der Waals surface area (Å²) in [6.07, 6.45) is 3.95. The molecular weight excluding hydrogens is 160 g/mol. The molecule has 0 bridgehead atoms. The standard InChI is InChI=1S/C11H24N2/c1-4-5-8-13-10(2)6-7-12-9-11(13)3/h10-12H,4-9H2,1-3H3. The van der Waals surface area contributed by atoms with Crippen molar-refractivity contribution in [1.29, 1.82) is 0 Å². The third kappa shape index (κ3) is 3.28. The summed E-state index contributed by atoms with van der Waals surface area (Å²) >= 11 is 0. The molecule has 1 heterocycles. The Labute approximate surface area is 82.7 Å². The summed E-state index contributed by atoms with van der Waals surface area (Å²) < 4.78 is 0. The maximum absolute atomic E-state index is 3.49. The normalized spacial score (nSPS) is 31.6. The van der Waals surface area contributed by atoms with Gasteiger partial charge in [-0.05, 0) is 39.8 Å². The summed E-state index contributed by atoms with van der Waals surface area (Å²) in [6.45, 7) is 10.6. The molecular formula is C11H24N2. The molecule has 1 aliphatic heterocycles. The van der Waals surface area contributed by atoms with E-state index in [0.29, 0.717) is 6.04 Å². The Morgan fingerprint density at radius 1 is 1.31 bits per heavy atom. The minimum absolute atomic E-state index is 0.712. The van der Waals surface area contributed by atoms with E-state index in [4.69, 9.17) is 0 Å². The maximum atomic E-state index is 3.49. The molecule has 2 atom stereocenters. The lowest BCUT2D eigenvalue weighted by atomic mass is 10.1. The Morgan fingerprint density at radius 2 is 2.08 bits per heavy atom. The third-order valence-corrected chi connectivity index (χ3v) is 3.08. The van der Waals surface area contributed by atoms with E-state index in [1.807, 2.05) is 0 Å². The van der Waals surface area contributed by atoms with Crippen molar-refractivity contribution in [1.82, 2.24) is 10.2 Å². The SMILES string of the molecule is CCCCN1C(C)CCNCC1C. The Bertz CT molecular complexity index is 124. The van der Waals surface area contributed by atoms with Gasteiger partial charge in [-0.15, -0.1) is 0 Å². The second kappa shape index (κ2) is 5.61. The summed E-state index contributed by atoms with van der Waals surface area (Å²) in [4.78, 5) is 2.66. The van der Waals surface area contributed by atoms with Crippen LogP contribution in [0.2, 0.25) is 0 Å². The van der Waals surface area contributed by atoms with Gasteiger partial charge in [-0.1, -0.05) is 13.3 Å². The predicted octanol–water partition coefficient (Wildman–Crippen LogP) is 1.86. The number of nitrogens with zero attached hydrogens (tertiary/aromatic N) is 1. The Kier molecular flexibility index (Phi) is 4.74. The molecule has 1 rings (SSSR count). The second-order valence-corrected chi connectivity index (χ2v) is 4.28. The molecule has 0 amide bonds. The fraction of sp³-hybridized carbons (Fsp3) is 1.00. The van der Waals surface area contributed by atoms with Crippen LogP contribution in [0.1, 0.15) is 40.0 Å². The predicted molar refractivity (Wildman–Crippen MR) is 58.0 cm³/mol. The molecule has 13 heavy (non-hydrogen) atoms. The summed E-state index contributed by atoms with van der Waals surface area (Å²) in [5.74, 6) is 0. The molecule has 1 saturated heterocycles. The zero-order valence-corrected chi connectivity index (χ0v) is 9.34. The van der Waals surface area contributed by atoms with Crippen molar-refractivity contribution >= 4 is 0 Å². The third-order valence-electron chi connectivity index (χ3n) is 3.08. The van der Waals surface area contributed by atoms with Crippen molar-refractivity contribution in [3.05, 3.63) is 0 Å². The molecule has 0 aliphatic carbocycles. The first-order chi connectivity index (χ1) is 6.25. The van der Waals surface area contributed by atoms with Gasteiger partial charge in [0.1, 0.15) is 0 Å². The van der Waals surface area contributed by atoms with Crippen molar-refractivity contribution in [3.8, 4) is 0 Å². The monoisotopic (exact) mass is 184 g/mol. The first-order valence-electron chi connectivity index (χ1n) is 5.72.